The Hall–Kier alpha value is -1.31. The maximum absolute atomic E-state index is 10.7. The van der Waals surface area contributed by atoms with Gasteiger partial charge in [-0.05, 0) is 44.0 Å². The Morgan fingerprint density at radius 1 is 1.36 bits per heavy atom. The topological polar surface area (TPSA) is 26.3 Å². The van der Waals surface area contributed by atoms with E-state index in [0.29, 0.717) is 5.56 Å². The second-order valence-corrected chi connectivity index (χ2v) is 3.55. The molecule has 0 saturated heterocycles. The van der Waals surface area contributed by atoms with Crippen molar-refractivity contribution in [1.82, 2.24) is 0 Å². The van der Waals surface area contributed by atoms with Gasteiger partial charge in [0.2, 0.25) is 0 Å². The lowest BCUT2D eigenvalue weighted by Crippen LogP contribution is -2.06. The lowest BCUT2D eigenvalue weighted by atomic mass is 10.1. The number of carbonyl (C=O) groups excluding carboxylic acids is 1. The molecule has 0 spiro atoms. The molecular weight excluding hydrogens is 176 g/mol. The average Bonchev–Trinajstić information content (AvgIpc) is 2.16. The maximum atomic E-state index is 10.7. The minimum Gasteiger partial charge on any atom is -0.491 e. The molecule has 1 aromatic rings. The number of benzene rings is 1. The van der Waals surface area contributed by atoms with Crippen LogP contribution in [0.5, 0.6) is 5.75 Å². The Labute approximate surface area is 84.9 Å². The Balaban J connectivity index is 2.98. The molecule has 0 aliphatic carbocycles. The van der Waals surface area contributed by atoms with E-state index in [0.717, 1.165) is 24.0 Å². The minimum absolute atomic E-state index is 0.140. The zero-order chi connectivity index (χ0) is 10.6. The highest BCUT2D eigenvalue weighted by Gasteiger charge is 2.02. The van der Waals surface area contributed by atoms with Gasteiger partial charge in [-0.25, -0.2) is 0 Å². The van der Waals surface area contributed by atoms with Gasteiger partial charge in [-0.2, -0.15) is 0 Å². The van der Waals surface area contributed by atoms with Gasteiger partial charge in [0.1, 0.15) is 12.0 Å². The fourth-order valence-corrected chi connectivity index (χ4v) is 1.30. The number of aldehydes is 1. The van der Waals surface area contributed by atoms with E-state index in [9.17, 15) is 4.79 Å². The molecule has 0 N–H and O–H groups in total. The lowest BCUT2D eigenvalue weighted by Gasteiger charge is -2.11. The minimum atomic E-state index is 0.140. The van der Waals surface area contributed by atoms with Crippen molar-refractivity contribution in [2.45, 2.75) is 33.3 Å². The van der Waals surface area contributed by atoms with Crippen LogP contribution in [0.4, 0.5) is 0 Å². The van der Waals surface area contributed by atoms with Gasteiger partial charge in [-0.15, -0.1) is 0 Å². The molecule has 0 radical (unpaired) electrons. The van der Waals surface area contributed by atoms with Crippen LogP contribution in [0.25, 0.3) is 0 Å². The number of rotatable bonds is 4. The number of hydrogen-bond donors (Lipinski definition) is 0. The first-order valence-corrected chi connectivity index (χ1v) is 4.91. The van der Waals surface area contributed by atoms with Crippen LogP contribution in [0.2, 0.25) is 0 Å². The van der Waals surface area contributed by atoms with Crippen molar-refractivity contribution in [2.24, 2.45) is 0 Å². The van der Waals surface area contributed by atoms with Gasteiger partial charge < -0.3 is 4.74 Å². The first kappa shape index (κ1) is 10.8. The number of hydrogen-bond acceptors (Lipinski definition) is 2. The van der Waals surface area contributed by atoms with E-state index in [1.807, 2.05) is 26.0 Å². The lowest BCUT2D eigenvalue weighted by molar-refractivity contribution is 0.112. The molecular formula is C12H16O2. The summed E-state index contributed by atoms with van der Waals surface area (Å²) in [7, 11) is 0. The molecule has 0 aromatic heterocycles. The van der Waals surface area contributed by atoms with Crippen molar-refractivity contribution in [1.29, 1.82) is 0 Å². The van der Waals surface area contributed by atoms with Crippen molar-refractivity contribution in [3.63, 3.8) is 0 Å². The van der Waals surface area contributed by atoms with Crippen LogP contribution in [0.1, 0.15) is 36.7 Å². The summed E-state index contributed by atoms with van der Waals surface area (Å²) in [6.07, 6.45) is 1.91. The molecule has 0 aliphatic rings. The Kier molecular flexibility index (Phi) is 3.69. The fourth-order valence-electron chi connectivity index (χ4n) is 1.30. The third-order valence-electron chi connectivity index (χ3n) is 1.90. The third kappa shape index (κ3) is 2.87. The Morgan fingerprint density at radius 2 is 2.07 bits per heavy atom. The molecule has 0 atom stereocenters. The summed E-state index contributed by atoms with van der Waals surface area (Å²) < 4.78 is 5.54. The van der Waals surface area contributed by atoms with Gasteiger partial charge in [-0.1, -0.05) is 6.92 Å². The molecule has 0 bridgehead atoms. The summed E-state index contributed by atoms with van der Waals surface area (Å²) in [5.74, 6) is 0.779. The van der Waals surface area contributed by atoms with Crippen LogP contribution in [0, 0.1) is 0 Å². The van der Waals surface area contributed by atoms with Gasteiger partial charge >= 0.3 is 0 Å². The molecule has 1 aromatic carbocycles. The van der Waals surface area contributed by atoms with E-state index in [4.69, 9.17) is 4.74 Å². The average molecular weight is 192 g/mol. The monoisotopic (exact) mass is 192 g/mol. The SMILES string of the molecule is CCc1cc(C=O)cc(OC(C)C)c1. The highest BCUT2D eigenvalue weighted by Crippen LogP contribution is 2.18. The molecule has 0 aliphatic heterocycles. The van der Waals surface area contributed by atoms with E-state index in [1.54, 1.807) is 6.07 Å². The van der Waals surface area contributed by atoms with Gasteiger partial charge in [0, 0.05) is 5.56 Å². The smallest absolute Gasteiger partial charge is 0.150 e. The van der Waals surface area contributed by atoms with E-state index >= 15 is 0 Å². The largest absolute Gasteiger partial charge is 0.491 e. The molecule has 14 heavy (non-hydrogen) atoms. The van der Waals surface area contributed by atoms with Crippen LogP contribution in [-0.4, -0.2) is 12.4 Å². The summed E-state index contributed by atoms with van der Waals surface area (Å²) in [5, 5.41) is 0. The van der Waals surface area contributed by atoms with Crippen LogP contribution in [0.3, 0.4) is 0 Å². The number of aryl methyl sites for hydroxylation is 1. The quantitative estimate of drug-likeness (QED) is 0.686. The number of carbonyl (C=O) groups is 1. The second-order valence-electron chi connectivity index (χ2n) is 3.55. The number of ether oxygens (including phenoxy) is 1. The predicted molar refractivity (Wildman–Crippen MR) is 57.0 cm³/mol. The Bertz CT molecular complexity index is 316. The van der Waals surface area contributed by atoms with Crippen LogP contribution in [-0.2, 0) is 6.42 Å². The zero-order valence-electron chi connectivity index (χ0n) is 8.91. The zero-order valence-corrected chi connectivity index (χ0v) is 8.91. The normalized spacial score (nSPS) is 10.3. The standard InChI is InChI=1S/C12H16O2/c1-4-10-5-11(8-13)7-12(6-10)14-9(2)3/h5-9H,4H2,1-3H3. The molecule has 2 heteroatoms. The van der Waals surface area contributed by atoms with Gasteiger partial charge in [0.05, 0.1) is 6.10 Å². The maximum Gasteiger partial charge on any atom is 0.150 e. The van der Waals surface area contributed by atoms with E-state index in [2.05, 4.69) is 6.92 Å². The summed E-state index contributed by atoms with van der Waals surface area (Å²) >= 11 is 0. The van der Waals surface area contributed by atoms with Crippen LogP contribution < -0.4 is 4.74 Å². The van der Waals surface area contributed by atoms with Crippen molar-refractivity contribution < 1.29 is 9.53 Å². The van der Waals surface area contributed by atoms with Crippen molar-refractivity contribution in [2.75, 3.05) is 0 Å². The van der Waals surface area contributed by atoms with E-state index < -0.39 is 0 Å². The van der Waals surface area contributed by atoms with Crippen molar-refractivity contribution in [3.05, 3.63) is 29.3 Å². The summed E-state index contributed by atoms with van der Waals surface area (Å²) in [6, 6.07) is 5.64. The molecule has 0 unspecified atom stereocenters. The molecule has 0 saturated carbocycles. The highest BCUT2D eigenvalue weighted by atomic mass is 16.5. The van der Waals surface area contributed by atoms with Gasteiger partial charge in [0.15, 0.2) is 0 Å². The highest BCUT2D eigenvalue weighted by molar-refractivity contribution is 5.76. The van der Waals surface area contributed by atoms with Gasteiger partial charge in [0.25, 0.3) is 0 Å². The van der Waals surface area contributed by atoms with E-state index in [-0.39, 0.29) is 6.10 Å². The first-order chi connectivity index (χ1) is 6.65. The molecule has 76 valence electrons. The van der Waals surface area contributed by atoms with Crippen molar-refractivity contribution >= 4 is 6.29 Å². The predicted octanol–water partition coefficient (Wildman–Crippen LogP) is 2.85. The molecule has 0 amide bonds. The second kappa shape index (κ2) is 4.80. The molecule has 2 nitrogen and oxygen atoms in total. The van der Waals surface area contributed by atoms with Gasteiger partial charge in [-0.3, -0.25) is 4.79 Å². The van der Waals surface area contributed by atoms with Crippen LogP contribution in [0.15, 0.2) is 18.2 Å². The summed E-state index contributed by atoms with van der Waals surface area (Å²) in [6.45, 7) is 6.00. The molecule has 1 rings (SSSR count). The fraction of sp³-hybridized carbons (Fsp3) is 0.417. The van der Waals surface area contributed by atoms with Crippen molar-refractivity contribution in [3.8, 4) is 5.75 Å². The Morgan fingerprint density at radius 3 is 2.57 bits per heavy atom. The molecule has 0 heterocycles. The summed E-state index contributed by atoms with van der Waals surface area (Å²) in [5.41, 5.74) is 1.81. The van der Waals surface area contributed by atoms with Crippen LogP contribution >= 0.6 is 0 Å². The summed E-state index contributed by atoms with van der Waals surface area (Å²) in [4.78, 5) is 10.7. The molecule has 0 fully saturated rings. The first-order valence-electron chi connectivity index (χ1n) is 4.91. The van der Waals surface area contributed by atoms with E-state index in [1.165, 1.54) is 0 Å². The third-order valence-corrected chi connectivity index (χ3v) is 1.90.